The highest BCUT2D eigenvalue weighted by Gasteiger charge is 2.18. The van der Waals surface area contributed by atoms with Crippen LogP contribution in [0.15, 0.2) is 109 Å². The van der Waals surface area contributed by atoms with Gasteiger partial charge in [0.2, 0.25) is 0 Å². The molecule has 0 saturated heterocycles. The average molecular weight is 539 g/mol. The minimum atomic E-state index is -0.828. The molecule has 0 aliphatic carbocycles. The van der Waals surface area contributed by atoms with E-state index in [-0.39, 0.29) is 51.3 Å². The maximum atomic E-state index is 12.6. The van der Waals surface area contributed by atoms with E-state index in [4.69, 9.17) is 14.5 Å². The van der Waals surface area contributed by atoms with E-state index in [1.165, 1.54) is 42.7 Å². The van der Waals surface area contributed by atoms with Crippen molar-refractivity contribution in [2.75, 3.05) is 0 Å². The second-order valence-electron chi connectivity index (χ2n) is 8.71. The lowest BCUT2D eigenvalue weighted by Gasteiger charge is -2.10. The molecule has 0 unspecified atom stereocenters. The maximum absolute atomic E-state index is 12.6. The lowest BCUT2D eigenvalue weighted by atomic mass is 10.0. The van der Waals surface area contributed by atoms with E-state index in [9.17, 15) is 24.6 Å². The summed E-state index contributed by atoms with van der Waals surface area (Å²) in [6.45, 7) is 1.86. The van der Waals surface area contributed by atoms with Gasteiger partial charge in [0, 0.05) is 23.3 Å². The summed E-state index contributed by atoms with van der Waals surface area (Å²) in [6, 6.07) is 25.2. The first-order valence-corrected chi connectivity index (χ1v) is 12.5. The van der Waals surface area contributed by atoms with Crippen LogP contribution in [-0.2, 0) is 9.68 Å². The Bertz CT molecular complexity index is 1540. The molecule has 0 saturated carbocycles. The molecule has 0 heterocycles. The molecule has 4 rings (SSSR count). The molecule has 8 heteroatoms. The fourth-order valence-corrected chi connectivity index (χ4v) is 3.78. The monoisotopic (exact) mass is 538 g/mol. The lowest BCUT2D eigenvalue weighted by molar-refractivity contribution is -0.209. The number of carbonyl (C=O) groups excluding carboxylic acids is 3. The van der Waals surface area contributed by atoms with Gasteiger partial charge in [0.15, 0.2) is 17.3 Å². The first kappa shape index (κ1) is 27.7. The highest BCUT2D eigenvalue weighted by atomic mass is 17.2. The molecule has 8 nitrogen and oxygen atoms in total. The van der Waals surface area contributed by atoms with Crippen LogP contribution in [0.4, 0.5) is 0 Å². The molecular weight excluding hydrogens is 512 g/mol. The standard InChI is InChI=1S/C32H26O8/c1-2-9-23(20-38-24-14-16-26(28(33)18-24)30(35)21-10-5-3-6-11-21)32(37)40-39-25-15-17-27(29(34)19-25)31(36)22-12-7-4-8-13-22/h3-8,10-20,33-34H,2,9H2,1H3/b23-20+. The summed E-state index contributed by atoms with van der Waals surface area (Å²) in [5, 5.41) is 20.7. The van der Waals surface area contributed by atoms with Crippen molar-refractivity contribution >= 4 is 17.5 Å². The summed E-state index contributed by atoms with van der Waals surface area (Å²) < 4.78 is 5.55. The number of ketones is 2. The molecule has 0 amide bonds. The average Bonchev–Trinajstić information content (AvgIpc) is 2.98. The van der Waals surface area contributed by atoms with Gasteiger partial charge >= 0.3 is 5.97 Å². The van der Waals surface area contributed by atoms with Gasteiger partial charge in [-0.3, -0.25) is 14.5 Å². The molecule has 202 valence electrons. The van der Waals surface area contributed by atoms with Crippen LogP contribution in [0.1, 0.15) is 51.6 Å². The predicted octanol–water partition coefficient (Wildman–Crippen LogP) is 6.16. The molecule has 0 bridgehead atoms. The first-order valence-electron chi connectivity index (χ1n) is 12.5. The van der Waals surface area contributed by atoms with E-state index in [0.29, 0.717) is 24.0 Å². The Kier molecular flexibility index (Phi) is 8.94. The molecule has 0 aromatic heterocycles. The number of hydrogen-bond acceptors (Lipinski definition) is 8. The molecule has 0 aliphatic rings. The van der Waals surface area contributed by atoms with Crippen molar-refractivity contribution in [3.63, 3.8) is 0 Å². The molecular formula is C32H26O8. The summed E-state index contributed by atoms with van der Waals surface area (Å²) in [5.41, 5.74) is 1.18. The van der Waals surface area contributed by atoms with E-state index in [1.54, 1.807) is 60.7 Å². The van der Waals surface area contributed by atoms with Gasteiger partial charge in [-0.05, 0) is 30.7 Å². The Morgan fingerprint density at radius 3 is 1.70 bits per heavy atom. The Morgan fingerprint density at radius 1 is 0.700 bits per heavy atom. The zero-order valence-corrected chi connectivity index (χ0v) is 21.6. The molecule has 0 atom stereocenters. The van der Waals surface area contributed by atoms with Gasteiger partial charge in [0.1, 0.15) is 23.5 Å². The number of phenolic OH excluding ortho intramolecular Hbond substituents is 2. The highest BCUT2D eigenvalue weighted by Crippen LogP contribution is 2.28. The Hall–Kier alpha value is -5.37. The third-order valence-electron chi connectivity index (χ3n) is 5.83. The van der Waals surface area contributed by atoms with E-state index in [0.717, 1.165) is 0 Å². The number of carbonyl (C=O) groups is 3. The number of ether oxygens (including phenoxy) is 1. The zero-order chi connectivity index (χ0) is 28.5. The molecule has 0 radical (unpaired) electrons. The van der Waals surface area contributed by atoms with Gasteiger partial charge < -0.3 is 14.9 Å². The Balaban J connectivity index is 1.40. The molecule has 2 N–H and O–H groups in total. The molecule has 4 aromatic rings. The minimum Gasteiger partial charge on any atom is -0.507 e. The van der Waals surface area contributed by atoms with Crippen LogP contribution in [0.2, 0.25) is 0 Å². The van der Waals surface area contributed by atoms with E-state index in [1.807, 2.05) is 6.92 Å². The van der Waals surface area contributed by atoms with Gasteiger partial charge in [0.05, 0.1) is 16.7 Å². The van der Waals surface area contributed by atoms with Crippen molar-refractivity contribution < 1.29 is 39.1 Å². The van der Waals surface area contributed by atoms with Crippen LogP contribution in [-0.4, -0.2) is 27.7 Å². The summed E-state index contributed by atoms with van der Waals surface area (Å²) >= 11 is 0. The van der Waals surface area contributed by atoms with Crippen molar-refractivity contribution in [3.8, 4) is 23.0 Å². The van der Waals surface area contributed by atoms with Gasteiger partial charge in [-0.25, -0.2) is 9.68 Å². The topological polar surface area (TPSA) is 119 Å². The van der Waals surface area contributed by atoms with Crippen LogP contribution in [0.25, 0.3) is 0 Å². The fourth-order valence-electron chi connectivity index (χ4n) is 3.78. The van der Waals surface area contributed by atoms with Crippen molar-refractivity contribution in [1.82, 2.24) is 0 Å². The number of benzene rings is 4. The van der Waals surface area contributed by atoms with Gasteiger partial charge in [-0.1, -0.05) is 74.0 Å². The normalized spacial score (nSPS) is 11.0. The molecule has 4 aromatic carbocycles. The van der Waals surface area contributed by atoms with E-state index < -0.39 is 5.97 Å². The largest absolute Gasteiger partial charge is 0.507 e. The van der Waals surface area contributed by atoms with Crippen molar-refractivity contribution in [1.29, 1.82) is 0 Å². The van der Waals surface area contributed by atoms with Gasteiger partial charge in [0.25, 0.3) is 0 Å². The fraction of sp³-hybridized carbons (Fsp3) is 0.0938. The van der Waals surface area contributed by atoms with Crippen LogP contribution in [0.5, 0.6) is 23.0 Å². The quantitative estimate of drug-likeness (QED) is 0.0766. The van der Waals surface area contributed by atoms with Crippen LogP contribution < -0.4 is 9.62 Å². The highest BCUT2D eigenvalue weighted by molar-refractivity contribution is 6.11. The Morgan fingerprint density at radius 2 is 1.20 bits per heavy atom. The zero-order valence-electron chi connectivity index (χ0n) is 21.6. The SMILES string of the molecule is CCC/C(=C\Oc1ccc(C(=O)c2ccccc2)c(O)c1)C(=O)OOc1ccc(C(=O)c2ccccc2)c(O)c1. The van der Waals surface area contributed by atoms with Gasteiger partial charge in [-0.2, -0.15) is 0 Å². The second kappa shape index (κ2) is 12.9. The number of hydrogen-bond donors (Lipinski definition) is 2. The van der Waals surface area contributed by atoms with Gasteiger partial charge in [-0.15, -0.1) is 0 Å². The van der Waals surface area contributed by atoms with E-state index in [2.05, 4.69) is 0 Å². The lowest BCUT2D eigenvalue weighted by Crippen LogP contribution is -2.12. The number of phenols is 2. The molecule has 40 heavy (non-hydrogen) atoms. The first-order chi connectivity index (χ1) is 19.4. The molecule has 0 spiro atoms. The molecule has 0 fully saturated rings. The minimum absolute atomic E-state index is 0.0100. The number of rotatable bonds is 11. The van der Waals surface area contributed by atoms with Crippen molar-refractivity contribution in [3.05, 3.63) is 131 Å². The predicted molar refractivity (Wildman–Crippen MR) is 146 cm³/mol. The summed E-state index contributed by atoms with van der Waals surface area (Å²) in [4.78, 5) is 47.8. The second-order valence-corrected chi connectivity index (χ2v) is 8.71. The van der Waals surface area contributed by atoms with Crippen molar-refractivity contribution in [2.24, 2.45) is 0 Å². The molecule has 0 aliphatic heterocycles. The third-order valence-corrected chi connectivity index (χ3v) is 5.83. The maximum Gasteiger partial charge on any atom is 0.385 e. The number of aromatic hydroxyl groups is 2. The third kappa shape index (κ3) is 6.73. The smallest absolute Gasteiger partial charge is 0.385 e. The van der Waals surface area contributed by atoms with Crippen LogP contribution >= 0.6 is 0 Å². The van der Waals surface area contributed by atoms with Crippen LogP contribution in [0.3, 0.4) is 0 Å². The van der Waals surface area contributed by atoms with E-state index >= 15 is 0 Å². The summed E-state index contributed by atoms with van der Waals surface area (Å²) in [5.74, 6) is -1.91. The summed E-state index contributed by atoms with van der Waals surface area (Å²) in [7, 11) is 0. The van der Waals surface area contributed by atoms with Crippen LogP contribution in [0, 0.1) is 0 Å². The van der Waals surface area contributed by atoms with Crippen molar-refractivity contribution in [2.45, 2.75) is 19.8 Å². The Labute approximate surface area is 230 Å². The summed E-state index contributed by atoms with van der Waals surface area (Å²) in [6.07, 6.45) is 2.08.